The van der Waals surface area contributed by atoms with Gasteiger partial charge in [0.2, 0.25) is 12.5 Å². The van der Waals surface area contributed by atoms with Crippen LogP contribution in [0.1, 0.15) is 22.3 Å². The number of fused-ring (bicyclic) bond motifs is 3. The largest absolute Gasteiger partial charge is 1.00 e. The second kappa shape index (κ2) is 8.04. The van der Waals surface area contributed by atoms with Gasteiger partial charge < -0.3 is 35.5 Å². The van der Waals surface area contributed by atoms with E-state index >= 15 is 0 Å². The summed E-state index contributed by atoms with van der Waals surface area (Å²) in [7, 11) is 3.89. The van der Waals surface area contributed by atoms with Crippen LogP contribution in [0.4, 0.5) is 0 Å². The molecule has 1 aromatic heterocycles. The van der Waals surface area contributed by atoms with E-state index in [4.69, 9.17) is 18.6 Å². The highest BCUT2D eigenvalue weighted by atomic mass is 79.9. The molecular formula is C23H23BrClNO5. The van der Waals surface area contributed by atoms with Crippen molar-refractivity contribution in [2.45, 2.75) is 26.4 Å². The lowest BCUT2D eigenvalue weighted by Crippen LogP contribution is -3.00. The maximum atomic E-state index is 12.2. The minimum absolute atomic E-state index is 0. The van der Waals surface area contributed by atoms with Gasteiger partial charge in [-0.3, -0.25) is 0 Å². The maximum absolute atomic E-state index is 12.2. The van der Waals surface area contributed by atoms with Crippen LogP contribution in [0.3, 0.4) is 0 Å². The fourth-order valence-corrected chi connectivity index (χ4v) is 5.39. The minimum atomic E-state index is -0.311. The number of ether oxygens (including phenoxy) is 3. The van der Waals surface area contributed by atoms with Crippen molar-refractivity contribution in [3.8, 4) is 17.2 Å². The van der Waals surface area contributed by atoms with Crippen LogP contribution in [0.2, 0.25) is 0 Å². The third kappa shape index (κ3) is 3.69. The molecule has 3 aromatic rings. The van der Waals surface area contributed by atoms with E-state index < -0.39 is 0 Å². The second-order valence-electron chi connectivity index (χ2n) is 8.37. The summed E-state index contributed by atoms with van der Waals surface area (Å²) in [5.74, 6) is 2.14. The molecule has 2 aliphatic rings. The van der Waals surface area contributed by atoms with E-state index in [1.165, 1.54) is 5.56 Å². The number of likely N-dealkylation sites (N-methyl/N-ethyl adjacent to an activating group) is 1. The molecule has 0 N–H and O–H groups in total. The molecule has 0 radical (unpaired) electrons. The molecule has 0 saturated carbocycles. The zero-order chi connectivity index (χ0) is 21.0. The predicted molar refractivity (Wildman–Crippen MR) is 116 cm³/mol. The Morgan fingerprint density at radius 1 is 1.16 bits per heavy atom. The van der Waals surface area contributed by atoms with E-state index in [2.05, 4.69) is 29.0 Å². The average molecular weight is 509 g/mol. The zero-order valence-electron chi connectivity index (χ0n) is 17.6. The van der Waals surface area contributed by atoms with E-state index in [1.807, 2.05) is 19.1 Å². The third-order valence-corrected chi connectivity index (χ3v) is 6.94. The van der Waals surface area contributed by atoms with Crippen molar-refractivity contribution in [1.82, 2.24) is 0 Å². The van der Waals surface area contributed by atoms with E-state index in [-0.39, 0.29) is 24.8 Å². The summed E-state index contributed by atoms with van der Waals surface area (Å²) in [6.45, 7) is 4.67. The molecule has 31 heavy (non-hydrogen) atoms. The number of nitrogens with zero attached hydrogens (tertiary/aromatic N) is 1. The molecule has 0 saturated heterocycles. The van der Waals surface area contributed by atoms with Crippen LogP contribution in [-0.2, 0) is 19.5 Å². The normalized spacial score (nSPS) is 19.1. The average Bonchev–Trinajstić information content (AvgIpc) is 3.18. The van der Waals surface area contributed by atoms with Crippen LogP contribution in [0.15, 0.2) is 37.9 Å². The Balaban J connectivity index is 0.00000231. The van der Waals surface area contributed by atoms with Gasteiger partial charge in [-0.1, -0.05) is 11.6 Å². The van der Waals surface area contributed by atoms with Crippen LogP contribution >= 0.6 is 15.9 Å². The first-order valence-electron chi connectivity index (χ1n) is 9.92. The Morgan fingerprint density at radius 2 is 1.94 bits per heavy atom. The van der Waals surface area contributed by atoms with Crippen LogP contribution in [0, 0.1) is 6.92 Å². The highest BCUT2D eigenvalue weighted by molar-refractivity contribution is 9.10. The van der Waals surface area contributed by atoms with Gasteiger partial charge >= 0.3 is 5.63 Å². The standard InChI is InChI=1S/C23H23BrNO5.ClH/c1-13-4-5-18-16(8-13)14(9-19(26)30-18)10-25(2)7-6-15-17(11-25)21(27-3)23-22(20(15)24)28-12-29-23;/h4-5,8-9H,6-7,10-12H2,1-3H3;1H/q+1;/p-1. The molecule has 1 atom stereocenters. The van der Waals surface area contributed by atoms with Crippen LogP contribution in [-0.4, -0.2) is 32.0 Å². The molecule has 164 valence electrons. The van der Waals surface area contributed by atoms with Crippen molar-refractivity contribution in [2.24, 2.45) is 0 Å². The van der Waals surface area contributed by atoms with Gasteiger partial charge in [-0.25, -0.2) is 4.79 Å². The number of hydrogen-bond acceptors (Lipinski definition) is 5. The smallest absolute Gasteiger partial charge is 0.336 e. The first-order valence-corrected chi connectivity index (χ1v) is 10.7. The first kappa shape index (κ1) is 22.0. The summed E-state index contributed by atoms with van der Waals surface area (Å²) < 4.78 is 24.2. The third-order valence-electron chi connectivity index (χ3n) is 6.10. The molecule has 0 spiro atoms. The Labute approximate surface area is 194 Å². The predicted octanol–water partition coefficient (Wildman–Crippen LogP) is 1.31. The molecule has 2 aliphatic heterocycles. The highest BCUT2D eigenvalue weighted by Gasteiger charge is 2.38. The number of halogens is 2. The summed E-state index contributed by atoms with van der Waals surface area (Å²) in [4.78, 5) is 12.2. The monoisotopic (exact) mass is 507 g/mol. The van der Waals surface area contributed by atoms with E-state index in [1.54, 1.807) is 13.2 Å². The summed E-state index contributed by atoms with van der Waals surface area (Å²) in [6, 6.07) is 7.57. The molecule has 0 amide bonds. The molecule has 0 fully saturated rings. The van der Waals surface area contributed by atoms with Gasteiger partial charge in [0.05, 0.1) is 30.7 Å². The number of quaternary nitrogens is 1. The lowest BCUT2D eigenvalue weighted by Gasteiger charge is -2.39. The quantitative estimate of drug-likeness (QED) is 0.394. The van der Waals surface area contributed by atoms with Crippen LogP contribution < -0.4 is 32.2 Å². The lowest BCUT2D eigenvalue weighted by atomic mass is 9.95. The maximum Gasteiger partial charge on any atom is 0.336 e. The van der Waals surface area contributed by atoms with Crippen LogP contribution in [0.5, 0.6) is 17.2 Å². The van der Waals surface area contributed by atoms with Crippen molar-refractivity contribution < 1.29 is 35.5 Å². The van der Waals surface area contributed by atoms with Gasteiger partial charge in [0.1, 0.15) is 18.7 Å². The van der Waals surface area contributed by atoms with E-state index in [0.717, 1.165) is 68.6 Å². The molecule has 2 aromatic carbocycles. The van der Waals surface area contributed by atoms with E-state index in [9.17, 15) is 4.79 Å². The Bertz CT molecular complexity index is 1240. The van der Waals surface area contributed by atoms with Gasteiger partial charge in [-0.15, -0.1) is 0 Å². The molecule has 3 heterocycles. The molecule has 6 nitrogen and oxygen atoms in total. The molecule has 8 heteroatoms. The fraction of sp³-hybridized carbons (Fsp3) is 0.348. The van der Waals surface area contributed by atoms with Gasteiger partial charge in [-0.2, -0.15) is 0 Å². The molecule has 0 aliphatic carbocycles. The highest BCUT2D eigenvalue weighted by Crippen LogP contribution is 2.52. The topological polar surface area (TPSA) is 57.9 Å². The van der Waals surface area contributed by atoms with Gasteiger partial charge in [0.15, 0.2) is 11.5 Å². The van der Waals surface area contributed by atoms with Crippen molar-refractivity contribution in [2.75, 3.05) is 27.5 Å². The van der Waals surface area contributed by atoms with Crippen molar-refractivity contribution in [3.63, 3.8) is 0 Å². The lowest BCUT2D eigenvalue weighted by molar-refractivity contribution is -0.937. The summed E-state index contributed by atoms with van der Waals surface area (Å²) >= 11 is 3.71. The number of hydrogen-bond donors (Lipinski definition) is 0. The second-order valence-corrected chi connectivity index (χ2v) is 9.16. The number of methoxy groups -OCH3 is 1. The van der Waals surface area contributed by atoms with Gasteiger partial charge in [-0.05, 0) is 40.5 Å². The molecule has 5 rings (SSSR count). The zero-order valence-corrected chi connectivity index (χ0v) is 19.9. The minimum Gasteiger partial charge on any atom is -1.00 e. The molecule has 1 unspecified atom stereocenters. The Hall–Kier alpha value is -2.22. The number of benzene rings is 2. The van der Waals surface area contributed by atoms with Crippen molar-refractivity contribution in [1.29, 1.82) is 0 Å². The Morgan fingerprint density at radius 3 is 2.71 bits per heavy atom. The van der Waals surface area contributed by atoms with Gasteiger partial charge in [0, 0.05) is 23.4 Å². The fourth-order valence-electron chi connectivity index (χ4n) is 4.66. The van der Waals surface area contributed by atoms with Gasteiger partial charge in [0.25, 0.3) is 0 Å². The first-order chi connectivity index (χ1) is 14.4. The Kier molecular flexibility index (Phi) is 5.70. The summed E-state index contributed by atoms with van der Waals surface area (Å²) in [6.07, 6.45) is 0.873. The molecular weight excluding hydrogens is 486 g/mol. The molecule has 0 bridgehead atoms. The summed E-state index contributed by atoms with van der Waals surface area (Å²) in [5, 5.41) is 0.999. The van der Waals surface area contributed by atoms with Crippen LogP contribution in [0.25, 0.3) is 11.0 Å². The number of rotatable bonds is 3. The number of aryl methyl sites for hydroxylation is 1. The summed E-state index contributed by atoms with van der Waals surface area (Å²) in [5.41, 5.74) is 4.81. The van der Waals surface area contributed by atoms with Crippen molar-refractivity contribution in [3.05, 3.63) is 61.4 Å². The van der Waals surface area contributed by atoms with Crippen molar-refractivity contribution >= 4 is 26.9 Å². The van der Waals surface area contributed by atoms with E-state index in [0.29, 0.717) is 11.3 Å². The SMILES string of the molecule is COc1c2c(c(Br)c3c1OCO3)CC[N+](C)(Cc1cc(=O)oc3ccc(C)cc13)C2.[Cl-].